The summed E-state index contributed by atoms with van der Waals surface area (Å²) in [6.07, 6.45) is 1.49. The summed E-state index contributed by atoms with van der Waals surface area (Å²) in [4.78, 5) is 12.2. The summed E-state index contributed by atoms with van der Waals surface area (Å²) >= 11 is 0. The molecular formula is C19H16N2O3. The van der Waals surface area contributed by atoms with Crippen LogP contribution in [-0.2, 0) is 0 Å². The molecule has 3 aromatic rings. The number of nitrogens with one attached hydrogen (secondary N) is 1. The lowest BCUT2D eigenvalue weighted by Crippen LogP contribution is -2.17. The Morgan fingerprint density at radius 2 is 1.75 bits per heavy atom. The second-order valence-corrected chi connectivity index (χ2v) is 5.16. The standard InChI is InChI=1S/C19H16N2O3/c1-24-18-9-5-4-8-15(18)12-20-21-19(23)16-10-13-6-2-3-7-14(13)11-17(16)22/h2-12,22H,1H3,(H,21,23)/b20-12-. The number of carbonyl (C=O) groups excluding carboxylic acids is 1. The first kappa shape index (κ1) is 15.6. The van der Waals surface area contributed by atoms with Crippen molar-refractivity contribution in [2.75, 3.05) is 7.11 Å². The zero-order valence-corrected chi connectivity index (χ0v) is 13.1. The molecule has 0 saturated heterocycles. The van der Waals surface area contributed by atoms with Crippen LogP contribution in [-0.4, -0.2) is 24.3 Å². The van der Waals surface area contributed by atoms with E-state index in [9.17, 15) is 9.90 Å². The molecule has 120 valence electrons. The van der Waals surface area contributed by atoms with E-state index < -0.39 is 5.91 Å². The third kappa shape index (κ3) is 3.20. The fourth-order valence-electron chi connectivity index (χ4n) is 2.40. The number of methoxy groups -OCH3 is 1. The molecule has 3 rings (SSSR count). The van der Waals surface area contributed by atoms with E-state index in [1.807, 2.05) is 42.5 Å². The highest BCUT2D eigenvalue weighted by Crippen LogP contribution is 2.24. The van der Waals surface area contributed by atoms with Crippen molar-refractivity contribution >= 4 is 22.9 Å². The average Bonchev–Trinajstić information content (AvgIpc) is 2.61. The molecule has 0 atom stereocenters. The van der Waals surface area contributed by atoms with Crippen LogP contribution in [0.2, 0.25) is 0 Å². The summed E-state index contributed by atoms with van der Waals surface area (Å²) in [5, 5.41) is 15.7. The number of phenolic OH excluding ortho intramolecular Hbond substituents is 1. The molecule has 24 heavy (non-hydrogen) atoms. The van der Waals surface area contributed by atoms with Gasteiger partial charge in [-0.2, -0.15) is 5.10 Å². The molecule has 0 unspecified atom stereocenters. The monoisotopic (exact) mass is 320 g/mol. The minimum Gasteiger partial charge on any atom is -0.507 e. The van der Waals surface area contributed by atoms with E-state index in [1.54, 1.807) is 25.3 Å². The molecule has 0 heterocycles. The second-order valence-electron chi connectivity index (χ2n) is 5.16. The lowest BCUT2D eigenvalue weighted by Gasteiger charge is -2.06. The van der Waals surface area contributed by atoms with Crippen molar-refractivity contribution in [3.8, 4) is 11.5 Å². The summed E-state index contributed by atoms with van der Waals surface area (Å²) in [6, 6.07) is 18.0. The first-order valence-corrected chi connectivity index (χ1v) is 7.37. The van der Waals surface area contributed by atoms with Gasteiger partial charge < -0.3 is 9.84 Å². The molecule has 0 aliphatic rings. The fraction of sp³-hybridized carbons (Fsp3) is 0.0526. The van der Waals surface area contributed by atoms with Crippen LogP contribution in [0.3, 0.4) is 0 Å². The highest BCUT2D eigenvalue weighted by atomic mass is 16.5. The number of fused-ring (bicyclic) bond motifs is 1. The lowest BCUT2D eigenvalue weighted by atomic mass is 10.1. The van der Waals surface area contributed by atoms with Crippen molar-refractivity contribution in [2.45, 2.75) is 0 Å². The topological polar surface area (TPSA) is 70.9 Å². The van der Waals surface area contributed by atoms with Crippen molar-refractivity contribution in [2.24, 2.45) is 5.10 Å². The Labute approximate surface area is 139 Å². The van der Waals surface area contributed by atoms with Gasteiger partial charge in [0.2, 0.25) is 0 Å². The predicted octanol–water partition coefficient (Wildman–Crippen LogP) is 3.32. The van der Waals surface area contributed by atoms with Gasteiger partial charge in [-0.3, -0.25) is 4.79 Å². The number of rotatable bonds is 4. The Morgan fingerprint density at radius 3 is 2.50 bits per heavy atom. The van der Waals surface area contributed by atoms with E-state index in [1.165, 1.54) is 6.21 Å². The minimum atomic E-state index is -0.482. The Bertz CT molecular complexity index is 919. The minimum absolute atomic E-state index is 0.0845. The molecule has 0 radical (unpaired) electrons. The number of para-hydroxylation sites is 1. The van der Waals surface area contributed by atoms with Crippen molar-refractivity contribution in [3.63, 3.8) is 0 Å². The molecule has 0 spiro atoms. The molecule has 0 aromatic heterocycles. The van der Waals surface area contributed by atoms with Crippen LogP contribution >= 0.6 is 0 Å². The van der Waals surface area contributed by atoms with Gasteiger partial charge in [-0.1, -0.05) is 36.4 Å². The molecule has 0 bridgehead atoms. The van der Waals surface area contributed by atoms with E-state index in [2.05, 4.69) is 10.5 Å². The van der Waals surface area contributed by atoms with Gasteiger partial charge >= 0.3 is 0 Å². The Morgan fingerprint density at radius 1 is 1.08 bits per heavy atom. The molecule has 0 fully saturated rings. The van der Waals surface area contributed by atoms with Crippen LogP contribution in [0.25, 0.3) is 10.8 Å². The molecule has 0 saturated carbocycles. The summed E-state index contributed by atoms with van der Waals surface area (Å²) in [5.41, 5.74) is 3.33. The van der Waals surface area contributed by atoms with Gasteiger partial charge in [0.1, 0.15) is 11.5 Å². The SMILES string of the molecule is COc1ccccc1/C=N\NC(=O)c1cc2ccccc2cc1O. The molecule has 5 nitrogen and oxygen atoms in total. The Kier molecular flexibility index (Phi) is 4.43. The fourth-order valence-corrected chi connectivity index (χ4v) is 2.40. The lowest BCUT2D eigenvalue weighted by molar-refractivity contribution is 0.0952. The summed E-state index contributed by atoms with van der Waals surface area (Å²) in [5.74, 6) is 0.0899. The van der Waals surface area contributed by atoms with E-state index >= 15 is 0 Å². The van der Waals surface area contributed by atoms with Crippen LogP contribution in [0, 0.1) is 0 Å². The van der Waals surface area contributed by atoms with Crippen LogP contribution in [0.15, 0.2) is 65.8 Å². The normalized spacial score (nSPS) is 10.9. The maximum absolute atomic E-state index is 12.2. The third-order valence-corrected chi connectivity index (χ3v) is 3.62. The van der Waals surface area contributed by atoms with Gasteiger partial charge in [0.05, 0.1) is 18.9 Å². The van der Waals surface area contributed by atoms with Crippen LogP contribution < -0.4 is 10.2 Å². The molecule has 3 aromatic carbocycles. The summed E-state index contributed by atoms with van der Waals surface area (Å²) in [6.45, 7) is 0. The van der Waals surface area contributed by atoms with Crippen molar-refractivity contribution in [1.82, 2.24) is 5.43 Å². The first-order chi connectivity index (χ1) is 11.7. The maximum Gasteiger partial charge on any atom is 0.275 e. The van der Waals surface area contributed by atoms with Gasteiger partial charge in [0.15, 0.2) is 0 Å². The van der Waals surface area contributed by atoms with Crippen molar-refractivity contribution in [3.05, 3.63) is 71.8 Å². The number of hydrazone groups is 1. The summed E-state index contributed by atoms with van der Waals surface area (Å²) in [7, 11) is 1.57. The predicted molar refractivity (Wildman–Crippen MR) is 93.7 cm³/mol. The number of benzene rings is 3. The second kappa shape index (κ2) is 6.83. The third-order valence-electron chi connectivity index (χ3n) is 3.62. The highest BCUT2D eigenvalue weighted by Gasteiger charge is 2.11. The maximum atomic E-state index is 12.2. The zero-order chi connectivity index (χ0) is 16.9. The van der Waals surface area contributed by atoms with Gasteiger partial charge in [0, 0.05) is 5.56 Å². The Balaban J connectivity index is 1.80. The van der Waals surface area contributed by atoms with Gasteiger partial charge in [-0.05, 0) is 35.0 Å². The number of amides is 1. The van der Waals surface area contributed by atoms with Crippen molar-refractivity contribution < 1.29 is 14.6 Å². The summed E-state index contributed by atoms with van der Waals surface area (Å²) < 4.78 is 5.21. The number of ether oxygens (including phenoxy) is 1. The van der Waals surface area contributed by atoms with Gasteiger partial charge in [-0.25, -0.2) is 5.43 Å². The zero-order valence-electron chi connectivity index (χ0n) is 13.1. The molecule has 0 aliphatic carbocycles. The molecular weight excluding hydrogens is 304 g/mol. The number of hydrogen-bond donors (Lipinski definition) is 2. The van der Waals surface area contributed by atoms with E-state index in [0.717, 1.165) is 16.3 Å². The van der Waals surface area contributed by atoms with E-state index in [0.29, 0.717) is 5.75 Å². The largest absolute Gasteiger partial charge is 0.507 e. The Hall–Kier alpha value is -3.34. The van der Waals surface area contributed by atoms with Gasteiger partial charge in [0.25, 0.3) is 5.91 Å². The molecule has 0 aliphatic heterocycles. The van der Waals surface area contributed by atoms with E-state index in [-0.39, 0.29) is 11.3 Å². The van der Waals surface area contributed by atoms with Crippen LogP contribution in [0.5, 0.6) is 11.5 Å². The average molecular weight is 320 g/mol. The van der Waals surface area contributed by atoms with Crippen LogP contribution in [0.4, 0.5) is 0 Å². The number of hydrogen-bond acceptors (Lipinski definition) is 4. The van der Waals surface area contributed by atoms with Crippen molar-refractivity contribution in [1.29, 1.82) is 0 Å². The van der Waals surface area contributed by atoms with E-state index in [4.69, 9.17) is 4.74 Å². The quantitative estimate of drug-likeness (QED) is 0.572. The molecule has 2 N–H and O–H groups in total. The number of aromatic hydroxyl groups is 1. The van der Waals surface area contributed by atoms with Crippen LogP contribution in [0.1, 0.15) is 15.9 Å². The first-order valence-electron chi connectivity index (χ1n) is 7.37. The van der Waals surface area contributed by atoms with Gasteiger partial charge in [-0.15, -0.1) is 0 Å². The molecule has 5 heteroatoms. The highest BCUT2D eigenvalue weighted by molar-refractivity contribution is 6.01. The number of phenols is 1. The number of nitrogens with zero attached hydrogens (tertiary/aromatic N) is 1. The smallest absolute Gasteiger partial charge is 0.275 e. The molecule has 1 amide bonds. The number of carbonyl (C=O) groups is 1.